The highest BCUT2D eigenvalue weighted by Crippen LogP contribution is 2.25. The molecule has 0 aliphatic heterocycles. The lowest BCUT2D eigenvalue weighted by Crippen LogP contribution is -2.23. The van der Waals surface area contributed by atoms with Gasteiger partial charge in [0.1, 0.15) is 0 Å². The molecule has 1 unspecified atom stereocenters. The third-order valence-electron chi connectivity index (χ3n) is 3.50. The highest BCUT2D eigenvalue weighted by atomic mass is 16.5. The fourth-order valence-electron chi connectivity index (χ4n) is 2.17. The number of anilines is 2. The number of carbonyl (C=O) groups is 1. The van der Waals surface area contributed by atoms with Crippen molar-refractivity contribution in [2.45, 2.75) is 20.0 Å². The minimum atomic E-state index is -0.660. The molecule has 0 aliphatic rings. The molecule has 21 heavy (non-hydrogen) atoms. The summed E-state index contributed by atoms with van der Waals surface area (Å²) < 4.78 is 5.31. The number of nitrogen functional groups attached to an aromatic ring is 1. The average Bonchev–Trinajstić information content (AvgIpc) is 2.46. The Morgan fingerprint density at radius 2 is 1.76 bits per heavy atom. The van der Waals surface area contributed by atoms with E-state index in [1.807, 2.05) is 56.3 Å². The summed E-state index contributed by atoms with van der Waals surface area (Å²) in [5, 5.41) is 2.84. The van der Waals surface area contributed by atoms with Crippen LogP contribution in [0.4, 0.5) is 11.4 Å². The van der Waals surface area contributed by atoms with Gasteiger partial charge in [-0.15, -0.1) is 0 Å². The lowest BCUT2D eigenvalue weighted by Gasteiger charge is -2.17. The number of methoxy groups -OCH3 is 1. The van der Waals surface area contributed by atoms with Gasteiger partial charge >= 0.3 is 0 Å². The van der Waals surface area contributed by atoms with Crippen molar-refractivity contribution in [2.75, 3.05) is 18.2 Å². The van der Waals surface area contributed by atoms with E-state index in [4.69, 9.17) is 10.5 Å². The minimum Gasteiger partial charge on any atom is -0.397 e. The molecule has 0 bridgehead atoms. The van der Waals surface area contributed by atoms with E-state index >= 15 is 0 Å². The molecule has 4 nitrogen and oxygen atoms in total. The third-order valence-corrected chi connectivity index (χ3v) is 3.50. The van der Waals surface area contributed by atoms with Gasteiger partial charge in [-0.1, -0.05) is 30.3 Å². The molecule has 0 aliphatic carbocycles. The fraction of sp³-hybridized carbons (Fsp3) is 0.235. The van der Waals surface area contributed by atoms with Crippen LogP contribution in [0.5, 0.6) is 0 Å². The first-order valence-corrected chi connectivity index (χ1v) is 6.78. The Bertz CT molecular complexity index is 639. The molecular weight excluding hydrogens is 264 g/mol. The topological polar surface area (TPSA) is 64.3 Å². The summed E-state index contributed by atoms with van der Waals surface area (Å²) in [5.74, 6) is -0.237. The van der Waals surface area contributed by atoms with E-state index in [-0.39, 0.29) is 5.91 Å². The number of hydrogen-bond donors (Lipinski definition) is 2. The first-order valence-electron chi connectivity index (χ1n) is 6.78. The van der Waals surface area contributed by atoms with Crippen molar-refractivity contribution < 1.29 is 9.53 Å². The van der Waals surface area contributed by atoms with Gasteiger partial charge in [0.25, 0.3) is 5.91 Å². The molecule has 1 amide bonds. The van der Waals surface area contributed by atoms with Gasteiger partial charge in [-0.2, -0.15) is 0 Å². The van der Waals surface area contributed by atoms with Crippen molar-refractivity contribution in [3.63, 3.8) is 0 Å². The van der Waals surface area contributed by atoms with Gasteiger partial charge in [-0.3, -0.25) is 4.79 Å². The molecule has 2 rings (SSSR count). The van der Waals surface area contributed by atoms with E-state index in [2.05, 4.69) is 5.32 Å². The van der Waals surface area contributed by atoms with Crippen LogP contribution in [0.1, 0.15) is 22.8 Å². The van der Waals surface area contributed by atoms with Crippen molar-refractivity contribution in [2.24, 2.45) is 0 Å². The SMILES string of the molecule is COC(C(=O)Nc1cc(C)c(C)cc1N)c1ccccc1. The fourth-order valence-corrected chi connectivity index (χ4v) is 2.17. The molecular formula is C17H20N2O2. The minimum absolute atomic E-state index is 0.237. The second-order valence-electron chi connectivity index (χ2n) is 5.04. The maximum absolute atomic E-state index is 12.4. The Hall–Kier alpha value is -2.33. The predicted molar refractivity (Wildman–Crippen MR) is 85.2 cm³/mol. The van der Waals surface area contributed by atoms with Crippen molar-refractivity contribution in [1.29, 1.82) is 0 Å². The summed E-state index contributed by atoms with van der Waals surface area (Å²) in [6.45, 7) is 3.97. The lowest BCUT2D eigenvalue weighted by atomic mass is 10.1. The van der Waals surface area contributed by atoms with E-state index in [1.165, 1.54) is 7.11 Å². The number of nitrogens with one attached hydrogen (secondary N) is 1. The van der Waals surface area contributed by atoms with Gasteiger partial charge in [0.05, 0.1) is 11.4 Å². The number of carbonyl (C=O) groups excluding carboxylic acids is 1. The van der Waals surface area contributed by atoms with Gasteiger partial charge in [0, 0.05) is 7.11 Å². The number of rotatable bonds is 4. The first kappa shape index (κ1) is 15.1. The Morgan fingerprint density at radius 1 is 1.14 bits per heavy atom. The van der Waals surface area contributed by atoms with Crippen LogP contribution in [0.25, 0.3) is 0 Å². The van der Waals surface area contributed by atoms with Crippen molar-refractivity contribution in [1.82, 2.24) is 0 Å². The summed E-state index contributed by atoms with van der Waals surface area (Å²) in [6.07, 6.45) is -0.660. The standard InChI is InChI=1S/C17H20N2O2/c1-11-9-14(18)15(10-12(11)2)19-17(20)16(21-3)13-7-5-4-6-8-13/h4-10,16H,18H2,1-3H3,(H,19,20). The Labute approximate surface area is 124 Å². The second-order valence-corrected chi connectivity index (χ2v) is 5.04. The van der Waals surface area contributed by atoms with Crippen molar-refractivity contribution in [3.05, 3.63) is 59.2 Å². The summed E-state index contributed by atoms with van der Waals surface area (Å²) in [7, 11) is 1.51. The van der Waals surface area contributed by atoms with Crippen LogP contribution < -0.4 is 11.1 Å². The van der Waals surface area contributed by atoms with E-state index in [1.54, 1.807) is 0 Å². The zero-order valence-corrected chi connectivity index (χ0v) is 12.5. The smallest absolute Gasteiger partial charge is 0.258 e. The van der Waals surface area contributed by atoms with Crippen LogP contribution in [0.3, 0.4) is 0 Å². The Morgan fingerprint density at radius 3 is 2.38 bits per heavy atom. The Kier molecular flexibility index (Phi) is 4.60. The largest absolute Gasteiger partial charge is 0.397 e. The molecule has 0 radical (unpaired) electrons. The van der Waals surface area contributed by atoms with Gasteiger partial charge in [-0.25, -0.2) is 0 Å². The highest BCUT2D eigenvalue weighted by molar-refractivity contribution is 5.97. The molecule has 110 valence electrons. The molecule has 3 N–H and O–H groups in total. The van der Waals surface area contributed by atoms with Crippen molar-refractivity contribution >= 4 is 17.3 Å². The monoisotopic (exact) mass is 284 g/mol. The maximum Gasteiger partial charge on any atom is 0.258 e. The molecule has 1 atom stereocenters. The van der Waals surface area contributed by atoms with E-state index in [0.717, 1.165) is 16.7 Å². The molecule has 0 saturated carbocycles. The normalized spacial score (nSPS) is 12.0. The number of ether oxygens (including phenoxy) is 1. The quantitative estimate of drug-likeness (QED) is 0.847. The van der Waals surface area contributed by atoms with E-state index in [9.17, 15) is 4.79 Å². The predicted octanol–water partition coefficient (Wildman–Crippen LogP) is 3.21. The maximum atomic E-state index is 12.4. The van der Waals surface area contributed by atoms with Gasteiger partial charge in [0.2, 0.25) is 0 Å². The van der Waals surface area contributed by atoms with Crippen LogP contribution >= 0.6 is 0 Å². The molecule has 0 fully saturated rings. The van der Waals surface area contributed by atoms with Gasteiger partial charge < -0.3 is 15.8 Å². The van der Waals surface area contributed by atoms with Crippen LogP contribution in [-0.4, -0.2) is 13.0 Å². The molecule has 0 spiro atoms. The second kappa shape index (κ2) is 6.41. The highest BCUT2D eigenvalue weighted by Gasteiger charge is 2.20. The van der Waals surface area contributed by atoms with E-state index < -0.39 is 6.10 Å². The average molecular weight is 284 g/mol. The summed E-state index contributed by atoms with van der Waals surface area (Å²) >= 11 is 0. The molecule has 0 saturated heterocycles. The zero-order valence-electron chi connectivity index (χ0n) is 12.5. The van der Waals surface area contributed by atoms with E-state index in [0.29, 0.717) is 11.4 Å². The lowest BCUT2D eigenvalue weighted by molar-refractivity contribution is -0.126. The van der Waals surface area contributed by atoms with Gasteiger partial charge in [-0.05, 0) is 42.7 Å². The van der Waals surface area contributed by atoms with Crippen molar-refractivity contribution in [3.8, 4) is 0 Å². The zero-order chi connectivity index (χ0) is 15.4. The van der Waals surface area contributed by atoms with Crippen LogP contribution in [-0.2, 0) is 9.53 Å². The van der Waals surface area contributed by atoms with Gasteiger partial charge in [0.15, 0.2) is 6.10 Å². The third kappa shape index (κ3) is 3.41. The number of benzene rings is 2. The number of amides is 1. The summed E-state index contributed by atoms with van der Waals surface area (Å²) in [6, 6.07) is 13.1. The van der Waals surface area contributed by atoms with Crippen LogP contribution in [0.15, 0.2) is 42.5 Å². The number of nitrogens with two attached hydrogens (primary N) is 1. The summed E-state index contributed by atoms with van der Waals surface area (Å²) in [4.78, 5) is 12.4. The first-order chi connectivity index (χ1) is 10.0. The molecule has 0 aromatic heterocycles. The molecule has 0 heterocycles. The molecule has 4 heteroatoms. The van der Waals surface area contributed by atoms with Crippen LogP contribution in [0.2, 0.25) is 0 Å². The molecule has 2 aromatic rings. The number of hydrogen-bond acceptors (Lipinski definition) is 3. The Balaban J connectivity index is 2.23. The summed E-state index contributed by atoms with van der Waals surface area (Å²) in [5.41, 5.74) is 10.1. The van der Waals surface area contributed by atoms with Crippen LogP contribution in [0, 0.1) is 13.8 Å². The molecule has 2 aromatic carbocycles. The number of aryl methyl sites for hydroxylation is 2.